The quantitative estimate of drug-likeness (QED) is 0.882. The average molecular weight is 374 g/mol. The van der Waals surface area contributed by atoms with E-state index in [1.807, 2.05) is 20.8 Å². The van der Waals surface area contributed by atoms with Crippen molar-refractivity contribution in [3.8, 4) is 0 Å². The maximum Gasteiger partial charge on any atom is 0.149 e. The molecule has 1 saturated heterocycles. The van der Waals surface area contributed by atoms with Crippen LogP contribution in [0.25, 0.3) is 0 Å². The Morgan fingerprint density at radius 1 is 1.29 bits per heavy atom. The Labute approximate surface area is 136 Å². The summed E-state index contributed by atoms with van der Waals surface area (Å²) in [7, 11) is -1.15. The van der Waals surface area contributed by atoms with Gasteiger partial charge in [-0.3, -0.25) is 0 Å². The summed E-state index contributed by atoms with van der Waals surface area (Å²) in [6.07, 6.45) is 5.25. The zero-order chi connectivity index (χ0) is 15.3. The molecule has 21 heavy (non-hydrogen) atoms. The molecule has 0 aromatic carbocycles. The number of rotatable bonds is 3. The Balaban J connectivity index is 1.86. The number of nitrogens with zero attached hydrogens (tertiary/aromatic N) is 2. The third kappa shape index (κ3) is 2.81. The zero-order valence-electron chi connectivity index (χ0n) is 12.5. The maximum atomic E-state index is 12.5. The Morgan fingerprint density at radius 3 is 2.29 bits per heavy atom. The van der Waals surface area contributed by atoms with Crippen LogP contribution in [0.1, 0.15) is 39.4 Å². The summed E-state index contributed by atoms with van der Waals surface area (Å²) < 4.78 is 21.7. The van der Waals surface area contributed by atoms with E-state index in [1.165, 1.54) is 0 Å². The maximum absolute atomic E-state index is 12.5. The summed E-state index contributed by atoms with van der Waals surface area (Å²) in [5.74, 6) is 0.723. The van der Waals surface area contributed by atoms with Gasteiger partial charge in [-0.25, -0.2) is 18.9 Å². The van der Waals surface area contributed by atoms with Gasteiger partial charge < -0.3 is 4.74 Å². The van der Waals surface area contributed by atoms with Gasteiger partial charge in [0.1, 0.15) is 5.82 Å². The predicted molar refractivity (Wildman–Crippen MR) is 84.9 cm³/mol. The molecule has 0 radical (unpaired) electrons. The van der Waals surface area contributed by atoms with E-state index in [4.69, 9.17) is 4.74 Å². The van der Waals surface area contributed by atoms with Crippen LogP contribution in [0.3, 0.4) is 0 Å². The van der Waals surface area contributed by atoms with Crippen LogP contribution < -0.4 is 4.72 Å². The second-order valence-corrected chi connectivity index (χ2v) is 10.0. The lowest BCUT2D eigenvalue weighted by atomic mass is 9.56. The smallest absolute Gasteiger partial charge is 0.149 e. The highest BCUT2D eigenvalue weighted by molar-refractivity contribution is 9.10. The Bertz CT molecular complexity index is 559. The Morgan fingerprint density at radius 2 is 1.86 bits per heavy atom. The first kappa shape index (κ1) is 15.5. The largest absolute Gasteiger partial charge is 0.380 e. The Kier molecular flexibility index (Phi) is 3.75. The van der Waals surface area contributed by atoms with Crippen LogP contribution in [0.5, 0.6) is 0 Å². The molecule has 116 valence electrons. The second kappa shape index (κ2) is 5.08. The number of hydrogen-bond donors (Lipinski definition) is 1. The van der Waals surface area contributed by atoms with Crippen molar-refractivity contribution in [2.75, 3.05) is 13.2 Å². The molecular formula is C14H20BrN3O2S. The number of hydrogen-bond acceptors (Lipinski definition) is 4. The van der Waals surface area contributed by atoms with Crippen LogP contribution in [-0.4, -0.2) is 32.1 Å². The molecule has 1 unspecified atom stereocenters. The fraction of sp³-hybridized carbons (Fsp3) is 0.714. The van der Waals surface area contributed by atoms with Crippen LogP contribution in [0.15, 0.2) is 16.9 Å². The average Bonchev–Trinajstić information content (AvgIpc) is 2.30. The van der Waals surface area contributed by atoms with Gasteiger partial charge in [-0.05, 0) is 49.5 Å². The van der Waals surface area contributed by atoms with Crippen LogP contribution in [0, 0.1) is 5.41 Å². The predicted octanol–water partition coefficient (Wildman–Crippen LogP) is 2.30. The van der Waals surface area contributed by atoms with Gasteiger partial charge in [0, 0.05) is 17.8 Å². The lowest BCUT2D eigenvalue weighted by Gasteiger charge is -2.59. The van der Waals surface area contributed by atoms with Gasteiger partial charge in [-0.15, -0.1) is 0 Å². The van der Waals surface area contributed by atoms with Crippen LogP contribution in [-0.2, 0) is 21.3 Å². The molecule has 2 heterocycles. The minimum Gasteiger partial charge on any atom is -0.380 e. The molecule has 1 aromatic rings. The first-order chi connectivity index (χ1) is 9.75. The molecule has 1 atom stereocenters. The number of ether oxygens (including phenoxy) is 1. The van der Waals surface area contributed by atoms with Crippen molar-refractivity contribution >= 4 is 26.9 Å². The van der Waals surface area contributed by atoms with E-state index in [0.717, 1.165) is 36.4 Å². The summed E-state index contributed by atoms with van der Waals surface area (Å²) in [6.45, 7) is 7.47. The van der Waals surface area contributed by atoms with Crippen molar-refractivity contribution in [2.45, 2.75) is 43.9 Å². The second-order valence-electron chi connectivity index (χ2n) is 7.14. The first-order valence-corrected chi connectivity index (χ1v) is 8.95. The third-order valence-electron chi connectivity index (χ3n) is 4.06. The summed E-state index contributed by atoms with van der Waals surface area (Å²) >= 11 is 3.36. The minimum atomic E-state index is -1.15. The van der Waals surface area contributed by atoms with E-state index in [0.29, 0.717) is 0 Å². The van der Waals surface area contributed by atoms with Gasteiger partial charge in [0.15, 0.2) is 0 Å². The van der Waals surface area contributed by atoms with E-state index in [-0.39, 0.29) is 10.2 Å². The monoisotopic (exact) mass is 373 g/mol. The van der Waals surface area contributed by atoms with Crippen molar-refractivity contribution in [3.63, 3.8) is 0 Å². The van der Waals surface area contributed by atoms with Crippen LogP contribution >= 0.6 is 15.9 Å². The molecule has 1 N–H and O–H groups in total. The number of halogens is 1. The van der Waals surface area contributed by atoms with E-state index < -0.39 is 16.5 Å². The van der Waals surface area contributed by atoms with Crippen molar-refractivity contribution in [3.05, 3.63) is 22.7 Å². The number of aromatic nitrogens is 2. The van der Waals surface area contributed by atoms with Crippen molar-refractivity contribution in [1.82, 2.24) is 14.7 Å². The lowest BCUT2D eigenvalue weighted by molar-refractivity contribution is -0.192. The van der Waals surface area contributed by atoms with E-state index in [1.54, 1.807) is 12.4 Å². The molecule has 1 saturated carbocycles. The van der Waals surface area contributed by atoms with Crippen molar-refractivity contribution < 1.29 is 8.95 Å². The molecular weight excluding hydrogens is 354 g/mol. The molecule has 2 aliphatic rings. The molecule has 0 amide bonds. The summed E-state index contributed by atoms with van der Waals surface area (Å²) in [5.41, 5.74) is -0.172. The van der Waals surface area contributed by atoms with Crippen molar-refractivity contribution in [1.29, 1.82) is 0 Å². The molecule has 7 heteroatoms. The highest BCUT2D eigenvalue weighted by Crippen LogP contribution is 2.57. The molecule has 3 rings (SSSR count). The van der Waals surface area contributed by atoms with Gasteiger partial charge in [0.05, 0.1) is 39.0 Å². The molecule has 5 nitrogen and oxygen atoms in total. The normalized spacial score (nSPS) is 24.2. The summed E-state index contributed by atoms with van der Waals surface area (Å²) in [4.78, 5) is 8.87. The summed E-state index contributed by atoms with van der Waals surface area (Å²) in [5, 5.41) is 0. The van der Waals surface area contributed by atoms with Crippen LogP contribution in [0.4, 0.5) is 0 Å². The minimum absolute atomic E-state index is 0.228. The van der Waals surface area contributed by atoms with Crippen molar-refractivity contribution in [2.24, 2.45) is 5.41 Å². The van der Waals surface area contributed by atoms with E-state index in [2.05, 4.69) is 30.6 Å². The molecule has 1 aliphatic heterocycles. The summed E-state index contributed by atoms with van der Waals surface area (Å²) in [6, 6.07) is 0. The molecule has 1 aromatic heterocycles. The van der Waals surface area contributed by atoms with Gasteiger partial charge in [-0.2, -0.15) is 0 Å². The van der Waals surface area contributed by atoms with Gasteiger partial charge in [0.2, 0.25) is 0 Å². The van der Waals surface area contributed by atoms with Gasteiger partial charge in [-0.1, -0.05) is 0 Å². The molecule has 1 spiro atoms. The zero-order valence-corrected chi connectivity index (χ0v) is 14.9. The fourth-order valence-electron chi connectivity index (χ4n) is 2.99. The van der Waals surface area contributed by atoms with Gasteiger partial charge in [0.25, 0.3) is 0 Å². The topological polar surface area (TPSA) is 64.1 Å². The van der Waals surface area contributed by atoms with E-state index in [9.17, 15) is 4.21 Å². The molecule has 2 fully saturated rings. The SMILES string of the molecule is CC(C)(C)S(=O)NC1(c2ncc(Br)cn2)CC2(COC2)C1. The molecule has 1 aliphatic carbocycles. The van der Waals surface area contributed by atoms with E-state index >= 15 is 0 Å². The Hall–Kier alpha value is -0.370. The third-order valence-corrected chi connectivity index (χ3v) is 6.16. The first-order valence-electron chi connectivity index (χ1n) is 7.00. The molecule has 0 bridgehead atoms. The highest BCUT2D eigenvalue weighted by Gasteiger charge is 2.61. The fourth-order valence-corrected chi connectivity index (χ4v) is 4.09. The van der Waals surface area contributed by atoms with Gasteiger partial charge >= 0.3 is 0 Å². The highest BCUT2D eigenvalue weighted by atomic mass is 79.9. The lowest BCUT2D eigenvalue weighted by Crippen LogP contribution is -2.66. The standard InChI is InChI=1S/C14H20BrN3O2S/c1-12(2,3)21(19)18-14(6-13(7-14)8-20-9-13)11-16-4-10(15)5-17-11/h4-5,18H,6-9H2,1-3H3. The number of nitrogens with one attached hydrogen (secondary N) is 1. The van der Waals surface area contributed by atoms with Crippen LogP contribution in [0.2, 0.25) is 0 Å².